The zero-order valence-corrected chi connectivity index (χ0v) is 12.0. The fourth-order valence-electron chi connectivity index (χ4n) is 2.50. The molecular formula is C16H25NO3. The predicted molar refractivity (Wildman–Crippen MR) is 79.8 cm³/mol. The van der Waals surface area contributed by atoms with Gasteiger partial charge in [-0.1, -0.05) is 31.7 Å². The number of nitrogen functional groups attached to an aromatic ring is 1. The molecule has 1 aromatic carbocycles. The molecular weight excluding hydrogens is 254 g/mol. The van der Waals surface area contributed by atoms with Gasteiger partial charge in [-0.3, -0.25) is 0 Å². The number of anilines is 1. The van der Waals surface area contributed by atoms with Crippen molar-refractivity contribution in [2.75, 3.05) is 18.9 Å². The highest BCUT2D eigenvalue weighted by atomic mass is 16.5. The molecule has 1 aliphatic carbocycles. The first kappa shape index (κ1) is 15.1. The molecule has 112 valence electrons. The number of benzene rings is 1. The minimum atomic E-state index is -0.598. The average Bonchev–Trinajstić information content (AvgIpc) is 2.71. The van der Waals surface area contributed by atoms with Gasteiger partial charge in [0, 0.05) is 11.8 Å². The summed E-state index contributed by atoms with van der Waals surface area (Å²) < 4.78 is 11.3. The number of hydrogen-bond donors (Lipinski definition) is 2. The van der Waals surface area contributed by atoms with Gasteiger partial charge in [0.15, 0.2) is 0 Å². The van der Waals surface area contributed by atoms with Gasteiger partial charge < -0.3 is 20.3 Å². The quantitative estimate of drug-likeness (QED) is 0.621. The number of rotatable bonds is 6. The van der Waals surface area contributed by atoms with Crippen LogP contribution >= 0.6 is 0 Å². The molecule has 0 aromatic heterocycles. The Morgan fingerprint density at radius 1 is 1.15 bits per heavy atom. The standard InChI is InChI=1S/C16H25NO3/c17-13-6-5-9-16(10-13)20-12-14(18)11-19-15-7-3-1-2-4-8-15/h5-6,9-10,14-15,18H,1-4,7-8,11-12,17H2. The number of aliphatic hydroxyl groups excluding tert-OH is 1. The van der Waals surface area contributed by atoms with Gasteiger partial charge in [-0.25, -0.2) is 0 Å². The summed E-state index contributed by atoms with van der Waals surface area (Å²) >= 11 is 0. The van der Waals surface area contributed by atoms with Crippen molar-refractivity contribution in [3.8, 4) is 5.75 Å². The van der Waals surface area contributed by atoms with Crippen LogP contribution in [0.2, 0.25) is 0 Å². The zero-order valence-electron chi connectivity index (χ0n) is 12.0. The van der Waals surface area contributed by atoms with Crippen molar-refractivity contribution in [3.63, 3.8) is 0 Å². The highest BCUT2D eigenvalue weighted by Crippen LogP contribution is 2.20. The van der Waals surface area contributed by atoms with Crippen LogP contribution in [-0.2, 0) is 4.74 Å². The molecule has 20 heavy (non-hydrogen) atoms. The average molecular weight is 279 g/mol. The summed E-state index contributed by atoms with van der Waals surface area (Å²) in [4.78, 5) is 0. The lowest BCUT2D eigenvalue weighted by Gasteiger charge is -2.18. The van der Waals surface area contributed by atoms with Crippen LogP contribution in [0.3, 0.4) is 0 Å². The Morgan fingerprint density at radius 3 is 2.60 bits per heavy atom. The smallest absolute Gasteiger partial charge is 0.121 e. The van der Waals surface area contributed by atoms with E-state index in [4.69, 9.17) is 15.2 Å². The maximum atomic E-state index is 9.90. The molecule has 1 saturated carbocycles. The van der Waals surface area contributed by atoms with Gasteiger partial charge in [-0.2, -0.15) is 0 Å². The van der Waals surface area contributed by atoms with E-state index in [0.29, 0.717) is 24.1 Å². The third-order valence-corrected chi connectivity index (χ3v) is 3.63. The van der Waals surface area contributed by atoms with E-state index in [1.807, 2.05) is 12.1 Å². The van der Waals surface area contributed by atoms with Gasteiger partial charge >= 0.3 is 0 Å². The van der Waals surface area contributed by atoms with Crippen molar-refractivity contribution in [3.05, 3.63) is 24.3 Å². The Bertz CT molecular complexity index is 389. The summed E-state index contributed by atoms with van der Waals surface area (Å²) in [5.41, 5.74) is 6.33. The van der Waals surface area contributed by atoms with Gasteiger partial charge in [0.25, 0.3) is 0 Å². The van der Waals surface area contributed by atoms with Crippen molar-refractivity contribution >= 4 is 5.69 Å². The minimum Gasteiger partial charge on any atom is -0.491 e. The van der Waals surface area contributed by atoms with Crippen LogP contribution in [0, 0.1) is 0 Å². The van der Waals surface area contributed by atoms with Gasteiger partial charge in [0.1, 0.15) is 18.5 Å². The van der Waals surface area contributed by atoms with E-state index < -0.39 is 6.10 Å². The van der Waals surface area contributed by atoms with Crippen LogP contribution in [0.5, 0.6) is 5.75 Å². The SMILES string of the molecule is Nc1cccc(OCC(O)COC2CCCCCC2)c1. The minimum absolute atomic E-state index is 0.232. The largest absolute Gasteiger partial charge is 0.491 e. The molecule has 4 nitrogen and oxygen atoms in total. The molecule has 0 aliphatic heterocycles. The van der Waals surface area contributed by atoms with Crippen molar-refractivity contribution in [2.24, 2.45) is 0 Å². The molecule has 4 heteroatoms. The van der Waals surface area contributed by atoms with E-state index in [-0.39, 0.29) is 6.61 Å². The molecule has 0 amide bonds. The van der Waals surface area contributed by atoms with Crippen molar-refractivity contribution in [1.82, 2.24) is 0 Å². The van der Waals surface area contributed by atoms with Crippen LogP contribution in [0.25, 0.3) is 0 Å². The summed E-state index contributed by atoms with van der Waals surface area (Å²) in [6.07, 6.45) is 7.02. The third-order valence-electron chi connectivity index (χ3n) is 3.63. The summed E-state index contributed by atoms with van der Waals surface area (Å²) in [5, 5.41) is 9.90. The lowest BCUT2D eigenvalue weighted by Crippen LogP contribution is -2.26. The second-order valence-corrected chi connectivity index (χ2v) is 5.48. The number of hydrogen-bond acceptors (Lipinski definition) is 4. The third kappa shape index (κ3) is 5.39. The second-order valence-electron chi connectivity index (χ2n) is 5.48. The highest BCUT2D eigenvalue weighted by molar-refractivity contribution is 5.43. The maximum Gasteiger partial charge on any atom is 0.121 e. The Hall–Kier alpha value is -1.26. The summed E-state index contributed by atoms with van der Waals surface area (Å²) in [6.45, 7) is 0.573. The van der Waals surface area contributed by atoms with Gasteiger partial charge in [0.05, 0.1) is 12.7 Å². The van der Waals surface area contributed by atoms with E-state index in [9.17, 15) is 5.11 Å². The molecule has 2 rings (SSSR count). The number of nitrogens with two attached hydrogens (primary N) is 1. The molecule has 1 fully saturated rings. The normalized spacial score (nSPS) is 18.4. The van der Waals surface area contributed by atoms with Crippen LogP contribution in [0.1, 0.15) is 38.5 Å². The van der Waals surface area contributed by atoms with Crippen LogP contribution in [0.15, 0.2) is 24.3 Å². The van der Waals surface area contributed by atoms with Gasteiger partial charge in [-0.15, -0.1) is 0 Å². The van der Waals surface area contributed by atoms with Crippen molar-refractivity contribution < 1.29 is 14.6 Å². The maximum absolute atomic E-state index is 9.90. The Labute approximate surface area is 120 Å². The lowest BCUT2D eigenvalue weighted by atomic mass is 10.1. The van der Waals surface area contributed by atoms with E-state index in [1.165, 1.54) is 25.7 Å². The first-order valence-electron chi connectivity index (χ1n) is 7.52. The molecule has 0 bridgehead atoms. The number of aliphatic hydroxyl groups is 1. The fraction of sp³-hybridized carbons (Fsp3) is 0.625. The molecule has 1 unspecified atom stereocenters. The van der Waals surface area contributed by atoms with Crippen LogP contribution in [-0.4, -0.2) is 30.5 Å². The van der Waals surface area contributed by atoms with E-state index in [0.717, 1.165) is 12.8 Å². The highest BCUT2D eigenvalue weighted by Gasteiger charge is 2.15. The molecule has 3 N–H and O–H groups in total. The molecule has 1 atom stereocenters. The fourth-order valence-corrected chi connectivity index (χ4v) is 2.50. The Balaban J connectivity index is 1.65. The van der Waals surface area contributed by atoms with E-state index in [1.54, 1.807) is 12.1 Å². The van der Waals surface area contributed by atoms with Crippen molar-refractivity contribution in [2.45, 2.75) is 50.7 Å². The van der Waals surface area contributed by atoms with Crippen molar-refractivity contribution in [1.29, 1.82) is 0 Å². The summed E-state index contributed by atoms with van der Waals surface area (Å²) in [6, 6.07) is 7.21. The van der Waals surface area contributed by atoms with Gasteiger partial charge in [-0.05, 0) is 25.0 Å². The monoisotopic (exact) mass is 279 g/mol. The molecule has 0 heterocycles. The molecule has 0 radical (unpaired) electrons. The Morgan fingerprint density at radius 2 is 1.90 bits per heavy atom. The number of ether oxygens (including phenoxy) is 2. The lowest BCUT2D eigenvalue weighted by molar-refractivity contribution is -0.0292. The molecule has 1 aromatic rings. The van der Waals surface area contributed by atoms with Gasteiger partial charge in [0.2, 0.25) is 0 Å². The summed E-state index contributed by atoms with van der Waals surface area (Å²) in [5.74, 6) is 0.679. The molecule has 0 spiro atoms. The predicted octanol–water partition coefficient (Wildman–Crippen LogP) is 2.75. The first-order chi connectivity index (χ1) is 9.74. The zero-order chi connectivity index (χ0) is 14.2. The van der Waals surface area contributed by atoms with Crippen LogP contribution in [0.4, 0.5) is 5.69 Å². The topological polar surface area (TPSA) is 64.7 Å². The Kier molecular flexibility index (Phi) is 6.15. The molecule has 1 aliphatic rings. The van der Waals surface area contributed by atoms with E-state index >= 15 is 0 Å². The molecule has 0 saturated heterocycles. The first-order valence-corrected chi connectivity index (χ1v) is 7.52. The van der Waals surface area contributed by atoms with Crippen LogP contribution < -0.4 is 10.5 Å². The summed E-state index contributed by atoms with van der Waals surface area (Å²) in [7, 11) is 0. The van der Waals surface area contributed by atoms with E-state index in [2.05, 4.69) is 0 Å². The second kappa shape index (κ2) is 8.12.